The first-order chi connectivity index (χ1) is 18.0. The average molecular weight is 540 g/mol. The molecular formula is C25H18F6N2O5. The molecule has 13 heteroatoms. The second kappa shape index (κ2) is 9.23. The molecule has 0 radical (unpaired) electrons. The van der Waals surface area contributed by atoms with Gasteiger partial charge in [-0.05, 0) is 42.0 Å². The molecule has 200 valence electrons. The number of hydrogen-bond acceptors (Lipinski definition) is 6. The lowest BCUT2D eigenvalue weighted by molar-refractivity contribution is -0.305. The quantitative estimate of drug-likeness (QED) is 0.383. The molecular weight excluding hydrogens is 522 g/mol. The smallest absolute Gasteiger partial charge is 0.439 e. The van der Waals surface area contributed by atoms with Crippen LogP contribution in [0.5, 0.6) is 23.0 Å². The number of methoxy groups -OCH3 is 1. The van der Waals surface area contributed by atoms with Crippen LogP contribution in [0, 0.1) is 0 Å². The van der Waals surface area contributed by atoms with Crippen molar-refractivity contribution in [2.45, 2.75) is 24.6 Å². The van der Waals surface area contributed by atoms with Crippen LogP contribution in [0.25, 0.3) is 0 Å². The summed E-state index contributed by atoms with van der Waals surface area (Å²) in [6.45, 7) is 0.00855. The number of anilines is 2. The number of carbonyl (C=O) groups excluding carboxylic acids is 1. The van der Waals surface area contributed by atoms with Gasteiger partial charge in [-0.2, -0.15) is 22.0 Å². The van der Waals surface area contributed by atoms with Crippen molar-refractivity contribution >= 4 is 17.3 Å². The third kappa shape index (κ3) is 4.48. The number of carbonyl (C=O) groups is 1. The second-order valence-corrected chi connectivity index (χ2v) is 8.28. The van der Waals surface area contributed by atoms with Gasteiger partial charge in [0, 0.05) is 11.8 Å². The number of amides is 1. The molecule has 38 heavy (non-hydrogen) atoms. The van der Waals surface area contributed by atoms with Gasteiger partial charge in [-0.3, -0.25) is 9.69 Å². The highest BCUT2D eigenvalue weighted by molar-refractivity contribution is 6.12. The van der Waals surface area contributed by atoms with E-state index in [0.717, 1.165) is 13.2 Å². The summed E-state index contributed by atoms with van der Waals surface area (Å²) in [6, 6.07) is 14.9. The molecule has 5 rings (SSSR count). The monoisotopic (exact) mass is 540 g/mol. The number of rotatable bonds is 6. The van der Waals surface area contributed by atoms with Crippen LogP contribution < -0.4 is 29.2 Å². The number of para-hydroxylation sites is 1. The lowest BCUT2D eigenvalue weighted by Gasteiger charge is -2.38. The first kappa shape index (κ1) is 25.4. The molecule has 2 aliphatic heterocycles. The Morgan fingerprint density at radius 1 is 0.974 bits per heavy atom. The summed E-state index contributed by atoms with van der Waals surface area (Å²) in [5.74, 6) is -0.751. The molecule has 2 aliphatic rings. The number of nitrogens with zero attached hydrogens (tertiary/aromatic N) is 1. The van der Waals surface area contributed by atoms with Crippen LogP contribution in [0.3, 0.4) is 0 Å². The van der Waals surface area contributed by atoms with Crippen molar-refractivity contribution < 1.29 is 50.1 Å². The van der Waals surface area contributed by atoms with Crippen LogP contribution >= 0.6 is 0 Å². The van der Waals surface area contributed by atoms with Crippen LogP contribution in [0.1, 0.15) is 22.1 Å². The zero-order valence-corrected chi connectivity index (χ0v) is 19.4. The first-order valence-electron chi connectivity index (χ1n) is 11.0. The molecule has 3 aromatic carbocycles. The highest BCUT2D eigenvalue weighted by Gasteiger charge is 2.59. The van der Waals surface area contributed by atoms with Crippen molar-refractivity contribution in [3.8, 4) is 23.0 Å². The van der Waals surface area contributed by atoms with Crippen molar-refractivity contribution in [3.63, 3.8) is 0 Å². The SMILES string of the molecule is COc1cc([C@@H]2Nc3ccccc3C(=O)N2c2ccc3c(c2)OCO3)ccc1OC(F)(F)[C@H](F)C(F)(F)F. The molecule has 0 fully saturated rings. The summed E-state index contributed by atoms with van der Waals surface area (Å²) in [5.41, 5.74) is 1.54. The Bertz CT molecular complexity index is 1380. The Kier molecular flexibility index (Phi) is 6.16. The fraction of sp³-hybridized carbons (Fsp3) is 0.240. The van der Waals surface area contributed by atoms with Crippen LogP contribution in [0.2, 0.25) is 0 Å². The van der Waals surface area contributed by atoms with E-state index in [9.17, 15) is 31.1 Å². The number of nitrogens with one attached hydrogen (secondary N) is 1. The summed E-state index contributed by atoms with van der Waals surface area (Å²) in [6.07, 6.45) is -16.6. The predicted molar refractivity (Wildman–Crippen MR) is 122 cm³/mol. The van der Waals surface area contributed by atoms with Gasteiger partial charge in [0.05, 0.1) is 18.4 Å². The molecule has 0 unspecified atom stereocenters. The minimum Gasteiger partial charge on any atom is -0.493 e. The molecule has 7 nitrogen and oxygen atoms in total. The Hall–Kier alpha value is -4.29. The number of alkyl halides is 6. The Labute approximate surface area is 211 Å². The van der Waals surface area contributed by atoms with E-state index in [1.165, 1.54) is 17.0 Å². The molecule has 1 amide bonds. The summed E-state index contributed by atoms with van der Waals surface area (Å²) in [4.78, 5) is 15.0. The lowest BCUT2D eigenvalue weighted by Crippen LogP contribution is -2.45. The van der Waals surface area contributed by atoms with Crippen LogP contribution in [0.4, 0.5) is 37.7 Å². The molecule has 0 saturated carbocycles. The third-order valence-electron chi connectivity index (χ3n) is 5.89. The van der Waals surface area contributed by atoms with Gasteiger partial charge in [0.1, 0.15) is 6.17 Å². The van der Waals surface area contributed by atoms with E-state index in [1.807, 2.05) is 0 Å². The Balaban J connectivity index is 1.54. The van der Waals surface area contributed by atoms with E-state index in [1.54, 1.807) is 42.5 Å². The zero-order valence-electron chi connectivity index (χ0n) is 19.4. The molecule has 2 atom stereocenters. The van der Waals surface area contributed by atoms with Gasteiger partial charge in [0.25, 0.3) is 12.1 Å². The van der Waals surface area contributed by atoms with E-state index < -0.39 is 42.0 Å². The summed E-state index contributed by atoms with van der Waals surface area (Å²) in [7, 11) is 1.07. The van der Waals surface area contributed by atoms with Gasteiger partial charge in [-0.15, -0.1) is 0 Å². The van der Waals surface area contributed by atoms with Gasteiger partial charge in [-0.1, -0.05) is 18.2 Å². The first-order valence-corrected chi connectivity index (χ1v) is 11.0. The van der Waals surface area contributed by atoms with Crippen molar-refractivity contribution in [2.75, 3.05) is 24.1 Å². The second-order valence-electron chi connectivity index (χ2n) is 8.28. The fourth-order valence-electron chi connectivity index (χ4n) is 4.12. The van der Waals surface area contributed by atoms with Crippen LogP contribution in [0.15, 0.2) is 60.7 Å². The summed E-state index contributed by atoms with van der Waals surface area (Å²) < 4.78 is 98.8. The molecule has 0 spiro atoms. The zero-order chi connectivity index (χ0) is 27.2. The van der Waals surface area contributed by atoms with Gasteiger partial charge in [0.15, 0.2) is 23.0 Å². The topological polar surface area (TPSA) is 69.3 Å². The summed E-state index contributed by atoms with van der Waals surface area (Å²) >= 11 is 0. The number of fused-ring (bicyclic) bond motifs is 2. The largest absolute Gasteiger partial charge is 0.493 e. The highest BCUT2D eigenvalue weighted by atomic mass is 19.4. The molecule has 0 aromatic heterocycles. The van der Waals surface area contributed by atoms with Gasteiger partial charge >= 0.3 is 12.3 Å². The number of benzene rings is 3. The van der Waals surface area contributed by atoms with E-state index in [2.05, 4.69) is 10.1 Å². The molecule has 0 saturated heterocycles. The minimum absolute atomic E-state index is 0.00855. The van der Waals surface area contributed by atoms with E-state index >= 15 is 0 Å². The van der Waals surface area contributed by atoms with E-state index in [0.29, 0.717) is 34.0 Å². The maximum Gasteiger partial charge on any atom is 0.439 e. The molecule has 1 N–H and O–H groups in total. The molecule has 2 heterocycles. The maximum atomic E-state index is 13.9. The van der Waals surface area contributed by atoms with Gasteiger partial charge in [-0.25, -0.2) is 4.39 Å². The Morgan fingerprint density at radius 3 is 2.45 bits per heavy atom. The highest BCUT2D eigenvalue weighted by Crippen LogP contribution is 2.44. The molecule has 3 aromatic rings. The van der Waals surface area contributed by atoms with E-state index in [-0.39, 0.29) is 6.79 Å². The van der Waals surface area contributed by atoms with Gasteiger partial charge in [0.2, 0.25) is 6.79 Å². The number of ether oxygens (including phenoxy) is 4. The average Bonchev–Trinajstić information content (AvgIpc) is 3.35. The number of hydrogen-bond donors (Lipinski definition) is 1. The van der Waals surface area contributed by atoms with E-state index in [4.69, 9.17) is 14.2 Å². The molecule has 0 bridgehead atoms. The summed E-state index contributed by atoms with van der Waals surface area (Å²) in [5, 5.41) is 3.20. The van der Waals surface area contributed by atoms with Crippen LogP contribution in [-0.4, -0.2) is 38.3 Å². The Morgan fingerprint density at radius 2 is 1.71 bits per heavy atom. The standard InChI is InChI=1S/C25H18F6N2O5/c1-35-19-10-13(6-8-18(19)38-25(30,31)23(26)24(27,28)29)21-32-16-5-3-2-4-15(16)22(34)33(21)14-7-9-17-20(11-14)37-12-36-17/h2-11,21,23,32H,12H2,1H3/t21-,23-/m1/s1. The predicted octanol–water partition coefficient (Wildman–Crippen LogP) is 6.07. The minimum atomic E-state index is -5.85. The molecule has 0 aliphatic carbocycles. The van der Waals surface area contributed by atoms with Crippen molar-refractivity contribution in [1.82, 2.24) is 0 Å². The van der Waals surface area contributed by atoms with Crippen LogP contribution in [-0.2, 0) is 0 Å². The third-order valence-corrected chi connectivity index (χ3v) is 5.89. The van der Waals surface area contributed by atoms with Crippen molar-refractivity contribution in [3.05, 3.63) is 71.8 Å². The maximum absolute atomic E-state index is 13.9. The van der Waals surface area contributed by atoms with Crippen molar-refractivity contribution in [1.29, 1.82) is 0 Å². The fourth-order valence-corrected chi connectivity index (χ4v) is 4.12. The van der Waals surface area contributed by atoms with Gasteiger partial charge < -0.3 is 24.3 Å². The normalized spacial score (nSPS) is 17.5. The number of halogens is 6. The lowest BCUT2D eigenvalue weighted by atomic mass is 10.0. The van der Waals surface area contributed by atoms with Crippen molar-refractivity contribution in [2.24, 2.45) is 0 Å².